The van der Waals surface area contributed by atoms with Gasteiger partial charge in [-0.1, -0.05) is 60.7 Å². The fourth-order valence-corrected chi connectivity index (χ4v) is 4.99. The van der Waals surface area contributed by atoms with Crippen molar-refractivity contribution in [1.29, 1.82) is 0 Å². The van der Waals surface area contributed by atoms with Crippen molar-refractivity contribution < 1.29 is 18.6 Å². The second-order valence-corrected chi connectivity index (χ2v) is 8.82. The molecule has 0 radical (unpaired) electrons. The summed E-state index contributed by atoms with van der Waals surface area (Å²) in [5.41, 5.74) is 3.41. The van der Waals surface area contributed by atoms with Crippen LogP contribution in [0.1, 0.15) is 13.8 Å². The minimum atomic E-state index is -3.48. The van der Waals surface area contributed by atoms with Gasteiger partial charge in [-0.05, 0) is 31.5 Å². The number of hydrogen-bond donors (Lipinski definition) is 0. The smallest absolute Gasteiger partial charge is 0.332 e. The Morgan fingerprint density at radius 3 is 2.12 bits per heavy atom. The van der Waals surface area contributed by atoms with E-state index in [0.29, 0.717) is 11.1 Å². The molecule has 0 spiro atoms. The van der Waals surface area contributed by atoms with Crippen molar-refractivity contribution in [3.05, 3.63) is 72.8 Å². The lowest BCUT2D eigenvalue weighted by Gasteiger charge is -2.33. The van der Waals surface area contributed by atoms with Crippen molar-refractivity contribution in [1.82, 2.24) is 0 Å². The lowest BCUT2D eigenvalue weighted by atomic mass is 10.0. The molecule has 0 N–H and O–H groups in total. The first-order valence-electron chi connectivity index (χ1n) is 8.42. The number of benzene rings is 2. The highest BCUT2D eigenvalue weighted by molar-refractivity contribution is 7.68. The molecule has 4 nitrogen and oxygen atoms in total. The quantitative estimate of drug-likeness (QED) is 0.386. The summed E-state index contributed by atoms with van der Waals surface area (Å²) < 4.78 is 31.7. The van der Waals surface area contributed by atoms with Crippen LogP contribution in [0, 0.1) is 0 Å². The molecule has 1 heterocycles. The Labute approximate surface area is 154 Å². The fraction of sp³-hybridized carbons (Fsp3) is 0.238. The maximum Gasteiger partial charge on any atom is 0.332 e. The molecule has 26 heavy (non-hydrogen) atoms. The molecule has 1 atom stereocenters. The van der Waals surface area contributed by atoms with Gasteiger partial charge in [-0.25, -0.2) is 0 Å². The zero-order chi connectivity index (χ0) is 18.7. The zero-order valence-corrected chi connectivity index (χ0v) is 16.0. The molecule has 5 heteroatoms. The van der Waals surface area contributed by atoms with E-state index in [9.17, 15) is 4.57 Å². The molecular weight excluding hydrogens is 347 g/mol. The molecule has 1 aliphatic rings. The fourth-order valence-electron chi connectivity index (χ4n) is 2.77. The number of ether oxygens (including phenoxy) is 2. The number of fused-ring (bicyclic) bond motifs is 3. The third kappa shape index (κ3) is 3.68. The van der Waals surface area contributed by atoms with Crippen LogP contribution in [0.3, 0.4) is 0 Å². The van der Waals surface area contributed by atoms with Crippen LogP contribution in [0.5, 0.6) is 5.75 Å². The van der Waals surface area contributed by atoms with E-state index in [0.717, 1.165) is 22.3 Å². The molecule has 0 aliphatic carbocycles. The highest BCUT2D eigenvalue weighted by Gasteiger charge is 2.44. The maximum atomic E-state index is 14.0. The highest BCUT2D eigenvalue weighted by atomic mass is 31.2. The summed E-state index contributed by atoms with van der Waals surface area (Å²) in [5.74, 6) is 0.567. The SMILES string of the molecule is C=C(C)COC(OCC(=C)C)P1(=O)Oc2ccccc2-c2ccccc21. The van der Waals surface area contributed by atoms with Crippen molar-refractivity contribution in [2.45, 2.75) is 19.9 Å². The van der Waals surface area contributed by atoms with Gasteiger partial charge in [0.15, 0.2) is 0 Å². The number of rotatable bonds is 7. The minimum Gasteiger partial charge on any atom is -0.436 e. The van der Waals surface area contributed by atoms with Crippen LogP contribution in [0.15, 0.2) is 72.8 Å². The lowest BCUT2D eigenvalue weighted by Crippen LogP contribution is -2.30. The summed E-state index contributed by atoms with van der Waals surface area (Å²) in [6.45, 7) is 11.8. The van der Waals surface area contributed by atoms with E-state index in [2.05, 4.69) is 13.2 Å². The van der Waals surface area contributed by atoms with E-state index in [1.54, 1.807) is 0 Å². The van der Waals surface area contributed by atoms with E-state index in [4.69, 9.17) is 14.0 Å². The molecule has 2 aromatic rings. The maximum absolute atomic E-state index is 14.0. The molecule has 1 aliphatic heterocycles. The van der Waals surface area contributed by atoms with Gasteiger partial charge in [0, 0.05) is 5.56 Å². The first-order chi connectivity index (χ1) is 12.4. The van der Waals surface area contributed by atoms with Crippen LogP contribution in [-0.4, -0.2) is 19.2 Å². The van der Waals surface area contributed by atoms with Crippen LogP contribution < -0.4 is 9.83 Å². The molecule has 2 aromatic carbocycles. The van der Waals surface area contributed by atoms with Gasteiger partial charge in [0.25, 0.3) is 6.03 Å². The molecule has 0 saturated heterocycles. The summed E-state index contributed by atoms with van der Waals surface area (Å²) in [5, 5.41) is 0.604. The Morgan fingerprint density at radius 2 is 1.50 bits per heavy atom. The second kappa shape index (κ2) is 7.63. The highest BCUT2D eigenvalue weighted by Crippen LogP contribution is 2.58. The Hall–Kier alpha value is -2.13. The standard InChI is InChI=1S/C21H23O4P/c1-15(2)13-23-21(24-14-16(3)4)26(22)20-12-8-6-10-18(20)17-9-5-7-11-19(17)25-26/h5-12,21H,1,3,13-14H2,2,4H3. The molecule has 136 valence electrons. The van der Waals surface area contributed by atoms with Crippen molar-refractivity contribution in [3.63, 3.8) is 0 Å². The van der Waals surface area contributed by atoms with Crippen molar-refractivity contribution in [2.24, 2.45) is 0 Å². The van der Waals surface area contributed by atoms with Gasteiger partial charge in [-0.3, -0.25) is 4.57 Å². The van der Waals surface area contributed by atoms with Gasteiger partial charge < -0.3 is 14.0 Å². The average molecular weight is 370 g/mol. The van der Waals surface area contributed by atoms with Gasteiger partial charge in [0.2, 0.25) is 0 Å². The average Bonchev–Trinajstić information content (AvgIpc) is 2.61. The monoisotopic (exact) mass is 370 g/mol. The first kappa shape index (κ1) is 18.7. The molecule has 1 unspecified atom stereocenters. The number of para-hydroxylation sites is 1. The third-order valence-corrected chi connectivity index (χ3v) is 6.26. The normalized spacial score (nSPS) is 18.0. The number of hydrogen-bond acceptors (Lipinski definition) is 4. The van der Waals surface area contributed by atoms with Gasteiger partial charge in [0.05, 0.1) is 18.5 Å². The van der Waals surface area contributed by atoms with E-state index < -0.39 is 13.4 Å². The molecular formula is C21H23O4P. The van der Waals surface area contributed by atoms with Crippen molar-refractivity contribution in [3.8, 4) is 16.9 Å². The topological polar surface area (TPSA) is 44.8 Å². The third-order valence-electron chi connectivity index (χ3n) is 3.87. The summed E-state index contributed by atoms with van der Waals surface area (Å²) in [7, 11) is -3.48. The summed E-state index contributed by atoms with van der Waals surface area (Å²) in [4.78, 5) is 0. The van der Waals surface area contributed by atoms with E-state index >= 15 is 0 Å². The van der Waals surface area contributed by atoms with Gasteiger partial charge in [0.1, 0.15) is 5.75 Å². The summed E-state index contributed by atoms with van der Waals surface area (Å²) in [6, 6.07) is 14.0. The van der Waals surface area contributed by atoms with Gasteiger partial charge in [-0.2, -0.15) is 0 Å². The van der Waals surface area contributed by atoms with Crippen LogP contribution in [0.2, 0.25) is 0 Å². The van der Waals surface area contributed by atoms with Crippen molar-refractivity contribution in [2.75, 3.05) is 13.2 Å². The van der Waals surface area contributed by atoms with Crippen LogP contribution in [0.4, 0.5) is 0 Å². The van der Waals surface area contributed by atoms with Crippen molar-refractivity contribution >= 4 is 12.7 Å². The van der Waals surface area contributed by atoms with Crippen LogP contribution >= 0.6 is 7.37 Å². The molecule has 0 bridgehead atoms. The minimum absolute atomic E-state index is 0.234. The van der Waals surface area contributed by atoms with E-state index in [1.165, 1.54) is 0 Å². The Balaban J connectivity index is 2.06. The molecule has 0 aromatic heterocycles. The van der Waals surface area contributed by atoms with Crippen LogP contribution in [-0.2, 0) is 14.0 Å². The van der Waals surface area contributed by atoms with Gasteiger partial charge in [-0.15, -0.1) is 0 Å². The molecule has 0 fully saturated rings. The summed E-state index contributed by atoms with van der Waals surface area (Å²) in [6.07, 6.45) is 0. The first-order valence-corrected chi connectivity index (χ1v) is 10.1. The second-order valence-electron chi connectivity index (χ2n) is 6.54. The van der Waals surface area contributed by atoms with Crippen LogP contribution in [0.25, 0.3) is 11.1 Å². The van der Waals surface area contributed by atoms with Gasteiger partial charge >= 0.3 is 7.37 Å². The predicted molar refractivity (Wildman–Crippen MR) is 105 cm³/mol. The van der Waals surface area contributed by atoms with E-state index in [-0.39, 0.29) is 13.2 Å². The Bertz CT molecular complexity index is 869. The Morgan fingerprint density at radius 1 is 0.962 bits per heavy atom. The Kier molecular flexibility index (Phi) is 5.47. The molecule has 0 amide bonds. The largest absolute Gasteiger partial charge is 0.436 e. The summed E-state index contributed by atoms with van der Waals surface area (Å²) >= 11 is 0. The lowest BCUT2D eigenvalue weighted by molar-refractivity contribution is -0.0787. The molecule has 3 rings (SSSR count). The molecule has 0 saturated carbocycles. The van der Waals surface area contributed by atoms with E-state index in [1.807, 2.05) is 62.4 Å². The predicted octanol–water partition coefficient (Wildman–Crippen LogP) is 5.12. The zero-order valence-electron chi connectivity index (χ0n) is 15.1.